The van der Waals surface area contributed by atoms with Gasteiger partial charge in [0.25, 0.3) is 0 Å². The lowest BCUT2D eigenvalue weighted by molar-refractivity contribution is -0.123. The predicted octanol–water partition coefficient (Wildman–Crippen LogP) is 2.29. The molecule has 0 radical (unpaired) electrons. The van der Waals surface area contributed by atoms with Gasteiger partial charge in [-0.2, -0.15) is 0 Å². The van der Waals surface area contributed by atoms with Crippen LogP contribution in [-0.2, 0) is 4.79 Å². The van der Waals surface area contributed by atoms with Gasteiger partial charge in [0.05, 0.1) is 6.04 Å². The summed E-state index contributed by atoms with van der Waals surface area (Å²) in [5.74, 6) is 0.819. The Hall–Kier alpha value is -2.24. The Morgan fingerprint density at radius 2 is 1.85 bits per heavy atom. The second kappa shape index (κ2) is 10.0. The molecule has 1 amide bonds. The van der Waals surface area contributed by atoms with Gasteiger partial charge in [-0.3, -0.25) is 9.79 Å². The summed E-state index contributed by atoms with van der Waals surface area (Å²) >= 11 is 0. The van der Waals surface area contributed by atoms with Gasteiger partial charge < -0.3 is 20.9 Å². The van der Waals surface area contributed by atoms with Crippen molar-refractivity contribution in [2.24, 2.45) is 10.9 Å². The molecule has 1 aliphatic rings. The molecule has 0 aliphatic carbocycles. The summed E-state index contributed by atoms with van der Waals surface area (Å²) in [6, 6.07) is 8.87. The largest absolute Gasteiger partial charge is 0.372 e. The highest BCUT2D eigenvalue weighted by atomic mass is 16.1. The van der Waals surface area contributed by atoms with E-state index in [1.165, 1.54) is 24.1 Å². The molecule has 2 rings (SSSR count). The van der Waals surface area contributed by atoms with E-state index in [1.807, 2.05) is 13.8 Å². The van der Waals surface area contributed by atoms with Crippen molar-refractivity contribution in [1.82, 2.24) is 16.0 Å². The Balaban J connectivity index is 1.84. The number of hydrogen-bond acceptors (Lipinski definition) is 3. The number of rotatable bonds is 7. The van der Waals surface area contributed by atoms with Gasteiger partial charge in [-0.1, -0.05) is 26.0 Å². The van der Waals surface area contributed by atoms with E-state index in [1.54, 1.807) is 7.05 Å². The van der Waals surface area contributed by atoms with Gasteiger partial charge in [0.15, 0.2) is 5.96 Å². The smallest absolute Gasteiger partial charge is 0.222 e. The van der Waals surface area contributed by atoms with Crippen LogP contribution in [0.2, 0.25) is 0 Å². The predicted molar refractivity (Wildman–Crippen MR) is 109 cm³/mol. The molecule has 144 valence electrons. The normalized spacial score (nSPS) is 15.9. The van der Waals surface area contributed by atoms with Crippen LogP contribution >= 0.6 is 0 Å². The number of carbonyl (C=O) groups is 1. The lowest BCUT2D eigenvalue weighted by Gasteiger charge is -2.22. The summed E-state index contributed by atoms with van der Waals surface area (Å²) in [7, 11) is 1.76. The van der Waals surface area contributed by atoms with Crippen LogP contribution in [0.1, 0.15) is 45.2 Å². The van der Waals surface area contributed by atoms with Gasteiger partial charge in [0, 0.05) is 44.8 Å². The van der Waals surface area contributed by atoms with E-state index in [4.69, 9.17) is 0 Å². The number of carbonyl (C=O) groups excluding carboxylic acids is 1. The zero-order valence-corrected chi connectivity index (χ0v) is 16.5. The van der Waals surface area contributed by atoms with E-state index in [0.717, 1.165) is 19.0 Å². The first-order chi connectivity index (χ1) is 12.5. The van der Waals surface area contributed by atoms with Crippen LogP contribution in [0.5, 0.6) is 0 Å². The zero-order chi connectivity index (χ0) is 18.9. The second-order valence-electron chi connectivity index (χ2n) is 7.10. The molecule has 6 nitrogen and oxygen atoms in total. The van der Waals surface area contributed by atoms with Crippen LogP contribution in [0.4, 0.5) is 5.69 Å². The third-order valence-electron chi connectivity index (χ3n) is 4.66. The highest BCUT2D eigenvalue weighted by molar-refractivity contribution is 5.80. The highest BCUT2D eigenvalue weighted by Gasteiger charge is 2.14. The molecule has 1 fully saturated rings. The first kappa shape index (κ1) is 20.1. The van der Waals surface area contributed by atoms with Crippen molar-refractivity contribution in [3.05, 3.63) is 29.8 Å². The SMILES string of the molecule is CN=C(NCCNC(=O)C(C)C)NC(C)c1cccc(N2CCCC2)c1. The lowest BCUT2D eigenvalue weighted by atomic mass is 10.1. The van der Waals surface area contributed by atoms with Crippen molar-refractivity contribution in [3.63, 3.8) is 0 Å². The van der Waals surface area contributed by atoms with Gasteiger partial charge in [0.2, 0.25) is 5.91 Å². The summed E-state index contributed by atoms with van der Waals surface area (Å²) < 4.78 is 0. The van der Waals surface area contributed by atoms with Gasteiger partial charge in [-0.15, -0.1) is 0 Å². The first-order valence-electron chi connectivity index (χ1n) is 9.61. The van der Waals surface area contributed by atoms with Crippen molar-refractivity contribution in [3.8, 4) is 0 Å². The maximum Gasteiger partial charge on any atom is 0.222 e. The van der Waals surface area contributed by atoms with E-state index in [0.29, 0.717) is 13.1 Å². The molecule has 0 saturated carbocycles. The number of benzene rings is 1. The average molecular weight is 360 g/mol. The molecule has 1 aromatic rings. The molecule has 26 heavy (non-hydrogen) atoms. The Morgan fingerprint density at radius 3 is 2.50 bits per heavy atom. The fourth-order valence-corrected chi connectivity index (χ4v) is 3.02. The number of amides is 1. The Labute approximate surface area is 157 Å². The van der Waals surface area contributed by atoms with Crippen molar-refractivity contribution >= 4 is 17.6 Å². The Kier molecular flexibility index (Phi) is 7.75. The number of anilines is 1. The molecular formula is C20H33N5O. The van der Waals surface area contributed by atoms with Crippen LogP contribution in [0.15, 0.2) is 29.3 Å². The quantitative estimate of drug-likeness (QED) is 0.397. The van der Waals surface area contributed by atoms with Crippen molar-refractivity contribution < 1.29 is 4.79 Å². The van der Waals surface area contributed by atoms with Crippen LogP contribution in [0.25, 0.3) is 0 Å². The average Bonchev–Trinajstić information content (AvgIpc) is 3.18. The van der Waals surface area contributed by atoms with Crippen molar-refractivity contribution in [2.75, 3.05) is 38.1 Å². The number of nitrogens with one attached hydrogen (secondary N) is 3. The molecule has 1 aromatic carbocycles. The number of hydrogen-bond donors (Lipinski definition) is 3. The standard InChI is InChI=1S/C20H33N5O/c1-15(2)19(26)22-10-11-23-20(21-4)24-16(3)17-8-7-9-18(14-17)25-12-5-6-13-25/h7-9,14-16H,5-6,10-13H2,1-4H3,(H,22,26)(H2,21,23,24). The van der Waals surface area contributed by atoms with Crippen molar-refractivity contribution in [1.29, 1.82) is 0 Å². The van der Waals surface area contributed by atoms with E-state index in [9.17, 15) is 4.79 Å². The van der Waals surface area contributed by atoms with Crippen LogP contribution in [0.3, 0.4) is 0 Å². The molecule has 0 spiro atoms. The van der Waals surface area contributed by atoms with Crippen LogP contribution < -0.4 is 20.9 Å². The molecule has 1 heterocycles. The zero-order valence-electron chi connectivity index (χ0n) is 16.5. The summed E-state index contributed by atoms with van der Waals surface area (Å²) in [5, 5.41) is 9.56. The Bertz CT molecular complexity index is 608. The summed E-state index contributed by atoms with van der Waals surface area (Å²) in [6.45, 7) is 9.43. The molecule has 0 bridgehead atoms. The molecule has 1 aliphatic heterocycles. The molecule has 1 saturated heterocycles. The van der Waals surface area contributed by atoms with Gasteiger partial charge in [-0.25, -0.2) is 0 Å². The number of guanidine groups is 1. The molecule has 3 N–H and O–H groups in total. The fraction of sp³-hybridized carbons (Fsp3) is 0.600. The lowest BCUT2D eigenvalue weighted by Crippen LogP contribution is -2.42. The van der Waals surface area contributed by atoms with E-state index in [-0.39, 0.29) is 17.9 Å². The Morgan fingerprint density at radius 1 is 1.15 bits per heavy atom. The fourth-order valence-electron chi connectivity index (χ4n) is 3.02. The maximum absolute atomic E-state index is 11.6. The molecular weight excluding hydrogens is 326 g/mol. The van der Waals surface area contributed by atoms with E-state index >= 15 is 0 Å². The number of nitrogens with zero attached hydrogens (tertiary/aromatic N) is 2. The topological polar surface area (TPSA) is 68.8 Å². The molecule has 1 atom stereocenters. The van der Waals surface area contributed by atoms with Gasteiger partial charge in [-0.05, 0) is 37.5 Å². The molecule has 1 unspecified atom stereocenters. The van der Waals surface area contributed by atoms with E-state index in [2.05, 4.69) is 57.0 Å². The third-order valence-corrected chi connectivity index (χ3v) is 4.66. The monoisotopic (exact) mass is 359 g/mol. The minimum absolute atomic E-state index is 0.00958. The second-order valence-corrected chi connectivity index (χ2v) is 7.10. The van der Waals surface area contributed by atoms with Crippen molar-refractivity contribution in [2.45, 2.75) is 39.7 Å². The maximum atomic E-state index is 11.6. The molecule has 0 aromatic heterocycles. The minimum atomic E-state index is 0.00958. The summed E-state index contributed by atoms with van der Waals surface area (Å²) in [4.78, 5) is 18.3. The minimum Gasteiger partial charge on any atom is -0.372 e. The summed E-state index contributed by atoms with van der Waals surface area (Å²) in [5.41, 5.74) is 2.54. The van der Waals surface area contributed by atoms with Crippen LogP contribution in [0, 0.1) is 5.92 Å². The highest BCUT2D eigenvalue weighted by Crippen LogP contribution is 2.23. The van der Waals surface area contributed by atoms with Crippen LogP contribution in [-0.4, -0.2) is 45.1 Å². The van der Waals surface area contributed by atoms with Gasteiger partial charge >= 0.3 is 0 Å². The molecule has 6 heteroatoms. The summed E-state index contributed by atoms with van der Waals surface area (Å²) in [6.07, 6.45) is 2.56. The third kappa shape index (κ3) is 5.93. The van der Waals surface area contributed by atoms with E-state index < -0.39 is 0 Å². The number of aliphatic imine (C=N–C) groups is 1. The first-order valence-corrected chi connectivity index (χ1v) is 9.61. The van der Waals surface area contributed by atoms with Gasteiger partial charge in [0.1, 0.15) is 0 Å².